The van der Waals surface area contributed by atoms with Gasteiger partial charge in [-0.05, 0) is 40.6 Å². The Kier molecular flexibility index (Phi) is 4.94. The minimum atomic E-state index is -0.353. The molecule has 0 aliphatic carbocycles. The van der Waals surface area contributed by atoms with Gasteiger partial charge in [0, 0.05) is 18.8 Å². The molecule has 7 heteroatoms. The van der Waals surface area contributed by atoms with Gasteiger partial charge in [0.15, 0.2) is 0 Å². The number of aromatic nitrogens is 2. The zero-order valence-electron chi connectivity index (χ0n) is 11.0. The molecule has 0 amide bonds. The zero-order valence-corrected chi connectivity index (χ0v) is 13.2. The van der Waals surface area contributed by atoms with Crippen LogP contribution >= 0.6 is 22.6 Å². The van der Waals surface area contributed by atoms with E-state index in [1.165, 1.54) is 0 Å². The third kappa shape index (κ3) is 3.69. The number of nitrogens with zero attached hydrogens (tertiary/aromatic N) is 3. The lowest BCUT2D eigenvalue weighted by Gasteiger charge is -2.08. The molecule has 20 heavy (non-hydrogen) atoms. The van der Waals surface area contributed by atoms with Crippen molar-refractivity contribution in [3.63, 3.8) is 0 Å². The molecule has 0 fully saturated rings. The highest BCUT2D eigenvalue weighted by molar-refractivity contribution is 14.1. The van der Waals surface area contributed by atoms with Gasteiger partial charge in [-0.25, -0.2) is 0 Å². The van der Waals surface area contributed by atoms with Crippen molar-refractivity contribution >= 4 is 34.0 Å². The summed E-state index contributed by atoms with van der Waals surface area (Å²) in [4.78, 5) is 10.8. The highest BCUT2D eigenvalue weighted by Gasteiger charge is 2.14. The topological polar surface area (TPSA) is 73.0 Å². The van der Waals surface area contributed by atoms with E-state index in [4.69, 9.17) is 0 Å². The first-order chi connectivity index (χ1) is 9.60. The minimum Gasteiger partial charge on any atom is -0.380 e. The van der Waals surface area contributed by atoms with Crippen molar-refractivity contribution in [2.24, 2.45) is 0 Å². The van der Waals surface area contributed by atoms with E-state index in [0.29, 0.717) is 12.2 Å². The summed E-state index contributed by atoms with van der Waals surface area (Å²) in [6.07, 6.45) is 4.58. The monoisotopic (exact) mass is 386 g/mol. The Balaban J connectivity index is 2.22. The van der Waals surface area contributed by atoms with Gasteiger partial charge in [-0.1, -0.05) is 13.0 Å². The third-order valence-corrected chi connectivity index (χ3v) is 3.33. The maximum atomic E-state index is 11.1. The predicted molar refractivity (Wildman–Crippen MR) is 85.9 cm³/mol. The highest BCUT2D eigenvalue weighted by Crippen LogP contribution is 2.26. The molecule has 106 valence electrons. The Hall–Kier alpha value is -1.64. The molecule has 1 aromatic carbocycles. The average molecular weight is 386 g/mol. The number of hydrogen-bond acceptors (Lipinski definition) is 4. The van der Waals surface area contributed by atoms with Crippen LogP contribution in [0.3, 0.4) is 0 Å². The molecule has 0 atom stereocenters. The predicted octanol–water partition coefficient (Wildman–Crippen LogP) is 3.27. The van der Waals surface area contributed by atoms with E-state index in [1.807, 2.05) is 19.2 Å². The summed E-state index contributed by atoms with van der Waals surface area (Å²) in [5, 5.41) is 18.4. The van der Waals surface area contributed by atoms with Crippen molar-refractivity contribution in [2.45, 2.75) is 19.9 Å². The van der Waals surface area contributed by atoms with E-state index < -0.39 is 0 Å². The summed E-state index contributed by atoms with van der Waals surface area (Å²) in [5.74, 6) is 0. The van der Waals surface area contributed by atoms with Crippen LogP contribution in [0.25, 0.3) is 0 Å². The number of nitrogens with one attached hydrogen (secondary N) is 1. The molecule has 1 N–H and O–H groups in total. The van der Waals surface area contributed by atoms with Crippen LogP contribution in [0.15, 0.2) is 30.6 Å². The summed E-state index contributed by atoms with van der Waals surface area (Å²) in [7, 11) is 0. The molecule has 0 spiro atoms. The van der Waals surface area contributed by atoms with E-state index in [0.717, 1.165) is 22.1 Å². The number of nitro benzene ring substituents is 1. The lowest BCUT2D eigenvalue weighted by Crippen LogP contribution is -2.05. The molecule has 6 nitrogen and oxygen atoms in total. The van der Waals surface area contributed by atoms with Crippen molar-refractivity contribution in [3.05, 3.63) is 49.8 Å². The summed E-state index contributed by atoms with van der Waals surface area (Å²) in [6, 6.07) is 5.25. The van der Waals surface area contributed by atoms with Crippen molar-refractivity contribution in [1.29, 1.82) is 0 Å². The largest absolute Gasteiger partial charge is 0.380 e. The SMILES string of the molecule is CCCNc1ccc(Cn2cc(I)cn2)cc1[N+](=O)[O-]. The number of rotatable bonds is 6. The summed E-state index contributed by atoms with van der Waals surface area (Å²) < 4.78 is 2.80. The van der Waals surface area contributed by atoms with Gasteiger partial charge in [-0.15, -0.1) is 0 Å². The highest BCUT2D eigenvalue weighted by atomic mass is 127. The Morgan fingerprint density at radius 1 is 1.50 bits per heavy atom. The first-order valence-corrected chi connectivity index (χ1v) is 7.37. The molecule has 0 aliphatic rings. The van der Waals surface area contributed by atoms with Crippen molar-refractivity contribution in [3.8, 4) is 0 Å². The van der Waals surface area contributed by atoms with E-state index in [2.05, 4.69) is 33.0 Å². The second-order valence-electron chi connectivity index (χ2n) is 4.39. The normalized spacial score (nSPS) is 10.5. The first-order valence-electron chi connectivity index (χ1n) is 6.29. The lowest BCUT2D eigenvalue weighted by molar-refractivity contribution is -0.384. The fourth-order valence-corrected chi connectivity index (χ4v) is 2.29. The maximum Gasteiger partial charge on any atom is 0.292 e. The van der Waals surface area contributed by atoms with Crippen LogP contribution in [0.2, 0.25) is 0 Å². The number of anilines is 1. The molecule has 0 radical (unpaired) electrons. The zero-order chi connectivity index (χ0) is 14.5. The first kappa shape index (κ1) is 14.8. The standard InChI is InChI=1S/C13H15IN4O2/c1-2-5-15-12-4-3-10(6-13(12)18(19)20)8-17-9-11(14)7-16-17/h3-4,6-7,9,15H,2,5,8H2,1H3. The molecule has 2 rings (SSSR count). The fraction of sp³-hybridized carbons (Fsp3) is 0.308. The molecule has 0 unspecified atom stereocenters. The molecule has 0 saturated carbocycles. The number of nitro groups is 1. The van der Waals surface area contributed by atoms with Crippen LogP contribution in [-0.2, 0) is 6.54 Å². The van der Waals surface area contributed by atoms with Crippen LogP contribution in [0.1, 0.15) is 18.9 Å². The molecule has 0 aliphatic heterocycles. The van der Waals surface area contributed by atoms with Crippen LogP contribution in [-0.4, -0.2) is 21.2 Å². The van der Waals surface area contributed by atoms with E-state index >= 15 is 0 Å². The number of benzene rings is 1. The molecule has 2 aromatic rings. The molecule has 1 heterocycles. The van der Waals surface area contributed by atoms with Crippen molar-refractivity contribution < 1.29 is 4.92 Å². The van der Waals surface area contributed by atoms with E-state index in [-0.39, 0.29) is 10.6 Å². The second kappa shape index (κ2) is 6.69. The fourth-order valence-electron chi connectivity index (χ4n) is 1.85. The molecular weight excluding hydrogens is 371 g/mol. The summed E-state index contributed by atoms with van der Waals surface area (Å²) >= 11 is 2.18. The Morgan fingerprint density at radius 3 is 2.90 bits per heavy atom. The molecule has 0 bridgehead atoms. The average Bonchev–Trinajstić information content (AvgIpc) is 2.82. The van der Waals surface area contributed by atoms with Gasteiger partial charge in [-0.3, -0.25) is 14.8 Å². The van der Waals surface area contributed by atoms with Gasteiger partial charge < -0.3 is 5.32 Å². The summed E-state index contributed by atoms with van der Waals surface area (Å²) in [6.45, 7) is 3.27. The van der Waals surface area contributed by atoms with E-state index in [9.17, 15) is 10.1 Å². The van der Waals surface area contributed by atoms with Gasteiger partial charge in [0.25, 0.3) is 5.69 Å². The Morgan fingerprint density at radius 2 is 2.30 bits per heavy atom. The number of hydrogen-bond donors (Lipinski definition) is 1. The van der Waals surface area contributed by atoms with Gasteiger partial charge in [-0.2, -0.15) is 5.10 Å². The smallest absolute Gasteiger partial charge is 0.292 e. The van der Waals surface area contributed by atoms with Gasteiger partial charge in [0.1, 0.15) is 5.69 Å². The van der Waals surface area contributed by atoms with Crippen LogP contribution in [0.4, 0.5) is 11.4 Å². The summed E-state index contributed by atoms with van der Waals surface area (Å²) in [5.41, 5.74) is 1.53. The minimum absolute atomic E-state index is 0.109. The Bertz CT molecular complexity index is 612. The van der Waals surface area contributed by atoms with Crippen LogP contribution in [0, 0.1) is 13.7 Å². The number of halogens is 1. The van der Waals surface area contributed by atoms with Gasteiger partial charge in [0.2, 0.25) is 0 Å². The second-order valence-corrected chi connectivity index (χ2v) is 5.64. The van der Waals surface area contributed by atoms with Crippen molar-refractivity contribution in [1.82, 2.24) is 9.78 Å². The van der Waals surface area contributed by atoms with Crippen molar-refractivity contribution in [2.75, 3.05) is 11.9 Å². The third-order valence-electron chi connectivity index (χ3n) is 2.77. The van der Waals surface area contributed by atoms with Gasteiger partial charge in [0.05, 0.1) is 21.2 Å². The lowest BCUT2D eigenvalue weighted by atomic mass is 10.1. The molecule has 0 saturated heterocycles. The molecular formula is C13H15IN4O2. The molecule has 1 aromatic heterocycles. The van der Waals surface area contributed by atoms with Crippen LogP contribution in [0.5, 0.6) is 0 Å². The van der Waals surface area contributed by atoms with Gasteiger partial charge >= 0.3 is 0 Å². The van der Waals surface area contributed by atoms with Crippen LogP contribution < -0.4 is 5.32 Å². The maximum absolute atomic E-state index is 11.1. The Labute approximate surface area is 130 Å². The quantitative estimate of drug-likeness (QED) is 0.470. The van der Waals surface area contributed by atoms with E-state index in [1.54, 1.807) is 23.0 Å².